The van der Waals surface area contributed by atoms with E-state index in [4.69, 9.17) is 23.4 Å². The van der Waals surface area contributed by atoms with Gasteiger partial charge in [0.2, 0.25) is 13.6 Å². The van der Waals surface area contributed by atoms with Gasteiger partial charge in [-0.25, -0.2) is 9.97 Å². The Bertz CT molecular complexity index is 1300. The standard InChI is InChI=1S/C24H17N3O6/c1-13-25-9-16(10-26-13)27-24(28)22-8-17(14-2-4-18-20(6-14)31-11-29-18)23(33-22)15-3-5-19-21(7-15)32-12-30-19/h2-10H,11-12H2,1H3,(H,27,28). The quantitative estimate of drug-likeness (QED) is 0.494. The van der Waals surface area contributed by atoms with Crippen molar-refractivity contribution in [2.75, 3.05) is 18.9 Å². The van der Waals surface area contributed by atoms with Crippen LogP contribution in [0.4, 0.5) is 5.69 Å². The number of amides is 1. The minimum atomic E-state index is -0.420. The summed E-state index contributed by atoms with van der Waals surface area (Å²) in [6.07, 6.45) is 3.08. The Kier molecular flexibility index (Phi) is 4.39. The molecule has 0 atom stereocenters. The fourth-order valence-electron chi connectivity index (χ4n) is 3.68. The largest absolute Gasteiger partial charge is 0.454 e. The van der Waals surface area contributed by atoms with Crippen LogP contribution in [0.3, 0.4) is 0 Å². The maximum absolute atomic E-state index is 13.0. The van der Waals surface area contributed by atoms with Gasteiger partial charge < -0.3 is 28.7 Å². The van der Waals surface area contributed by atoms with E-state index in [2.05, 4.69) is 15.3 Å². The highest BCUT2D eigenvalue weighted by Crippen LogP contribution is 2.43. The molecule has 9 nitrogen and oxygen atoms in total. The highest BCUT2D eigenvalue weighted by molar-refractivity contribution is 6.04. The molecule has 1 amide bonds. The molecule has 4 aromatic rings. The summed E-state index contributed by atoms with van der Waals surface area (Å²) in [5, 5.41) is 2.77. The zero-order valence-corrected chi connectivity index (χ0v) is 17.5. The molecule has 0 saturated carbocycles. The molecular formula is C24H17N3O6. The van der Waals surface area contributed by atoms with Gasteiger partial charge in [-0.15, -0.1) is 0 Å². The number of hydrogen-bond acceptors (Lipinski definition) is 8. The van der Waals surface area contributed by atoms with Gasteiger partial charge in [0.25, 0.3) is 5.91 Å². The zero-order valence-electron chi connectivity index (χ0n) is 17.5. The molecular weight excluding hydrogens is 426 g/mol. The van der Waals surface area contributed by atoms with Crippen LogP contribution in [0.15, 0.2) is 59.3 Å². The first-order valence-electron chi connectivity index (χ1n) is 10.2. The van der Waals surface area contributed by atoms with Crippen molar-refractivity contribution in [1.29, 1.82) is 0 Å². The summed E-state index contributed by atoms with van der Waals surface area (Å²) in [6, 6.07) is 12.8. The third kappa shape index (κ3) is 3.49. The molecule has 0 unspecified atom stereocenters. The van der Waals surface area contributed by atoms with Crippen LogP contribution < -0.4 is 24.3 Å². The molecule has 0 aliphatic carbocycles. The van der Waals surface area contributed by atoms with Crippen molar-refractivity contribution in [2.45, 2.75) is 6.92 Å². The number of furan rings is 1. The lowest BCUT2D eigenvalue weighted by Crippen LogP contribution is -2.11. The van der Waals surface area contributed by atoms with Crippen LogP contribution in [0, 0.1) is 6.92 Å². The van der Waals surface area contributed by atoms with Crippen LogP contribution in [0.25, 0.3) is 22.5 Å². The first kappa shape index (κ1) is 19.2. The van der Waals surface area contributed by atoms with Crippen LogP contribution in [-0.2, 0) is 0 Å². The van der Waals surface area contributed by atoms with E-state index in [9.17, 15) is 4.79 Å². The lowest BCUT2D eigenvalue weighted by molar-refractivity contribution is 0.0997. The number of anilines is 1. The molecule has 0 saturated heterocycles. The topological polar surface area (TPSA) is 105 Å². The van der Waals surface area contributed by atoms with Gasteiger partial charge >= 0.3 is 0 Å². The molecule has 6 rings (SSSR count). The SMILES string of the molecule is Cc1ncc(NC(=O)c2cc(-c3ccc4c(c3)OCO4)c(-c3ccc4c(c3)OCO4)o2)cn1. The number of rotatable bonds is 4. The van der Waals surface area contributed by atoms with Gasteiger partial charge in [0.15, 0.2) is 28.8 Å². The zero-order chi connectivity index (χ0) is 22.4. The molecule has 2 aromatic heterocycles. The summed E-state index contributed by atoms with van der Waals surface area (Å²) in [6.45, 7) is 2.11. The lowest BCUT2D eigenvalue weighted by atomic mass is 10.0. The predicted octanol–water partition coefficient (Wildman–Crippen LogP) is 4.42. The first-order chi connectivity index (χ1) is 16.1. The van der Waals surface area contributed by atoms with E-state index in [1.807, 2.05) is 36.4 Å². The van der Waals surface area contributed by atoms with Gasteiger partial charge in [0.05, 0.1) is 18.1 Å². The van der Waals surface area contributed by atoms with Crippen LogP contribution >= 0.6 is 0 Å². The van der Waals surface area contributed by atoms with E-state index < -0.39 is 5.91 Å². The molecule has 1 N–H and O–H groups in total. The van der Waals surface area contributed by atoms with Gasteiger partial charge in [0.1, 0.15) is 11.6 Å². The van der Waals surface area contributed by atoms with Crippen molar-refractivity contribution >= 4 is 11.6 Å². The molecule has 2 aliphatic heterocycles. The van der Waals surface area contributed by atoms with Gasteiger partial charge in [0, 0.05) is 11.1 Å². The number of fused-ring (bicyclic) bond motifs is 2. The second kappa shape index (κ2) is 7.56. The Morgan fingerprint density at radius 1 is 0.818 bits per heavy atom. The molecule has 164 valence electrons. The number of ether oxygens (including phenoxy) is 4. The van der Waals surface area contributed by atoms with E-state index >= 15 is 0 Å². The highest BCUT2D eigenvalue weighted by Gasteiger charge is 2.24. The summed E-state index contributed by atoms with van der Waals surface area (Å²) < 4.78 is 27.9. The van der Waals surface area contributed by atoms with Gasteiger partial charge in [-0.1, -0.05) is 6.07 Å². The molecule has 0 bridgehead atoms. The molecule has 0 fully saturated rings. The van der Waals surface area contributed by atoms with Crippen LogP contribution in [-0.4, -0.2) is 29.5 Å². The van der Waals surface area contributed by atoms with E-state index in [-0.39, 0.29) is 19.3 Å². The second-order valence-electron chi connectivity index (χ2n) is 7.46. The van der Waals surface area contributed by atoms with Gasteiger partial charge in [-0.3, -0.25) is 4.79 Å². The Labute approximate surface area is 187 Å². The highest BCUT2D eigenvalue weighted by atomic mass is 16.7. The molecule has 9 heteroatoms. The fourth-order valence-corrected chi connectivity index (χ4v) is 3.68. The number of aryl methyl sites for hydroxylation is 1. The Morgan fingerprint density at radius 2 is 1.42 bits per heavy atom. The van der Waals surface area contributed by atoms with E-state index in [0.29, 0.717) is 40.3 Å². The van der Waals surface area contributed by atoms with Crippen molar-refractivity contribution in [2.24, 2.45) is 0 Å². The second-order valence-corrected chi connectivity index (χ2v) is 7.46. The summed E-state index contributed by atoms with van der Waals surface area (Å²) in [5.41, 5.74) is 2.74. The first-order valence-corrected chi connectivity index (χ1v) is 10.2. The van der Waals surface area contributed by atoms with Crippen molar-refractivity contribution in [3.8, 4) is 45.4 Å². The lowest BCUT2D eigenvalue weighted by Gasteiger charge is -2.05. The number of nitrogens with one attached hydrogen (secondary N) is 1. The summed E-state index contributed by atoms with van der Waals surface area (Å²) in [7, 11) is 0. The van der Waals surface area contributed by atoms with Crippen molar-refractivity contribution in [3.05, 3.63) is 66.4 Å². The van der Waals surface area contributed by atoms with E-state index in [0.717, 1.165) is 16.7 Å². The van der Waals surface area contributed by atoms with Gasteiger partial charge in [-0.2, -0.15) is 0 Å². The third-order valence-electron chi connectivity index (χ3n) is 5.31. The molecule has 0 spiro atoms. The van der Waals surface area contributed by atoms with E-state index in [1.165, 1.54) is 0 Å². The Balaban J connectivity index is 1.42. The smallest absolute Gasteiger partial charge is 0.291 e. The third-order valence-corrected chi connectivity index (χ3v) is 5.31. The van der Waals surface area contributed by atoms with Crippen LogP contribution in [0.2, 0.25) is 0 Å². The normalized spacial score (nSPS) is 13.2. The predicted molar refractivity (Wildman–Crippen MR) is 117 cm³/mol. The van der Waals surface area contributed by atoms with Gasteiger partial charge in [-0.05, 0) is 48.9 Å². The van der Waals surface area contributed by atoms with Crippen LogP contribution in [0.5, 0.6) is 23.0 Å². The summed E-state index contributed by atoms with van der Waals surface area (Å²) >= 11 is 0. The molecule has 4 heterocycles. The Morgan fingerprint density at radius 3 is 2.12 bits per heavy atom. The molecule has 2 aromatic carbocycles. The van der Waals surface area contributed by atoms with Crippen molar-refractivity contribution in [3.63, 3.8) is 0 Å². The number of hydrogen-bond donors (Lipinski definition) is 1. The van der Waals surface area contributed by atoms with E-state index in [1.54, 1.807) is 25.4 Å². The number of carbonyl (C=O) groups is 1. The number of nitrogens with zero attached hydrogens (tertiary/aromatic N) is 2. The van der Waals surface area contributed by atoms with Crippen LogP contribution in [0.1, 0.15) is 16.4 Å². The maximum Gasteiger partial charge on any atom is 0.291 e. The monoisotopic (exact) mass is 443 g/mol. The number of benzene rings is 2. The number of carbonyl (C=O) groups excluding carboxylic acids is 1. The summed E-state index contributed by atoms with van der Waals surface area (Å²) in [4.78, 5) is 21.2. The summed E-state index contributed by atoms with van der Waals surface area (Å²) in [5.74, 6) is 3.42. The number of aromatic nitrogens is 2. The average molecular weight is 443 g/mol. The maximum atomic E-state index is 13.0. The molecule has 33 heavy (non-hydrogen) atoms. The van der Waals surface area contributed by atoms with Crippen molar-refractivity contribution in [1.82, 2.24) is 9.97 Å². The molecule has 2 aliphatic rings. The Hall–Kier alpha value is -4.53. The van der Waals surface area contributed by atoms with Crippen molar-refractivity contribution < 1.29 is 28.2 Å². The average Bonchev–Trinajstić information content (AvgIpc) is 3.58. The minimum absolute atomic E-state index is 0.135. The molecule has 0 radical (unpaired) electrons. The fraction of sp³-hybridized carbons (Fsp3) is 0.125. The minimum Gasteiger partial charge on any atom is -0.454 e.